The smallest absolute Gasteiger partial charge is 0.369 e. The zero-order valence-electron chi connectivity index (χ0n) is 15.4. The average molecular weight is 371 g/mol. The molecule has 0 bridgehead atoms. The molecule has 2 rings (SSSR count). The van der Waals surface area contributed by atoms with Gasteiger partial charge in [-0.3, -0.25) is 9.89 Å². The van der Waals surface area contributed by atoms with Gasteiger partial charge in [-0.05, 0) is 37.6 Å². The van der Waals surface area contributed by atoms with E-state index in [0.29, 0.717) is 5.69 Å². The Bertz CT molecular complexity index is 580. The largest absolute Gasteiger partial charge is 0.416 e. The number of hydrogen-bond acceptors (Lipinski definition) is 3. The second-order valence-electron chi connectivity index (χ2n) is 6.33. The number of aliphatic imine (C=N–C) groups is 1. The fourth-order valence-corrected chi connectivity index (χ4v) is 3.06. The maximum Gasteiger partial charge on any atom is 0.416 e. The van der Waals surface area contributed by atoms with Crippen molar-refractivity contribution in [2.75, 3.05) is 58.3 Å². The van der Waals surface area contributed by atoms with Crippen LogP contribution in [0.2, 0.25) is 0 Å². The van der Waals surface area contributed by atoms with Crippen LogP contribution in [0.3, 0.4) is 0 Å². The number of unbranched alkanes of at least 4 members (excludes halogenated alkanes) is 1. The Morgan fingerprint density at radius 1 is 1.15 bits per heavy atom. The van der Waals surface area contributed by atoms with Crippen molar-refractivity contribution in [3.05, 3.63) is 29.8 Å². The SMILES string of the molecule is CN=C(NC)NCCCCN1CCN(c2cccc(C(F)(F)F)c2)CC1. The van der Waals surface area contributed by atoms with E-state index in [9.17, 15) is 13.2 Å². The quantitative estimate of drug-likeness (QED) is 0.458. The van der Waals surface area contributed by atoms with Gasteiger partial charge in [-0.1, -0.05) is 6.07 Å². The Morgan fingerprint density at radius 3 is 2.50 bits per heavy atom. The number of piperazine rings is 1. The molecule has 26 heavy (non-hydrogen) atoms. The lowest BCUT2D eigenvalue weighted by Gasteiger charge is -2.36. The number of nitrogens with zero attached hydrogens (tertiary/aromatic N) is 3. The van der Waals surface area contributed by atoms with Gasteiger partial charge in [0.15, 0.2) is 5.96 Å². The predicted molar refractivity (Wildman–Crippen MR) is 99.8 cm³/mol. The van der Waals surface area contributed by atoms with E-state index < -0.39 is 11.7 Å². The molecule has 0 atom stereocenters. The second kappa shape index (κ2) is 9.66. The summed E-state index contributed by atoms with van der Waals surface area (Å²) in [5.74, 6) is 0.791. The van der Waals surface area contributed by atoms with Gasteiger partial charge < -0.3 is 15.5 Å². The van der Waals surface area contributed by atoms with E-state index in [-0.39, 0.29) is 0 Å². The Labute approximate surface area is 153 Å². The van der Waals surface area contributed by atoms with Crippen LogP contribution in [0.5, 0.6) is 0 Å². The summed E-state index contributed by atoms with van der Waals surface area (Å²) in [6.45, 7) is 5.15. The predicted octanol–water partition coefficient (Wildman–Crippen LogP) is 2.40. The Kier molecular flexibility index (Phi) is 7.56. The first-order valence-corrected chi connectivity index (χ1v) is 8.97. The maximum absolute atomic E-state index is 12.9. The van der Waals surface area contributed by atoms with Crippen molar-refractivity contribution in [1.82, 2.24) is 15.5 Å². The van der Waals surface area contributed by atoms with Crippen LogP contribution in [0.4, 0.5) is 18.9 Å². The van der Waals surface area contributed by atoms with Crippen molar-refractivity contribution in [2.24, 2.45) is 4.99 Å². The Balaban J connectivity index is 1.71. The average Bonchev–Trinajstić information content (AvgIpc) is 2.65. The number of nitrogens with one attached hydrogen (secondary N) is 2. The number of rotatable bonds is 6. The summed E-state index contributed by atoms with van der Waals surface area (Å²) in [7, 11) is 3.57. The van der Waals surface area contributed by atoms with E-state index in [1.54, 1.807) is 13.1 Å². The lowest BCUT2D eigenvalue weighted by molar-refractivity contribution is -0.137. The molecule has 1 aliphatic rings. The van der Waals surface area contributed by atoms with E-state index in [0.717, 1.165) is 64.1 Å². The number of hydrogen-bond donors (Lipinski definition) is 2. The minimum Gasteiger partial charge on any atom is -0.369 e. The molecule has 146 valence electrons. The molecule has 0 radical (unpaired) electrons. The number of benzene rings is 1. The highest BCUT2D eigenvalue weighted by Gasteiger charge is 2.31. The minimum atomic E-state index is -4.29. The molecule has 1 aliphatic heterocycles. The van der Waals surface area contributed by atoms with Crippen LogP contribution in [-0.4, -0.2) is 64.2 Å². The molecule has 0 amide bonds. The third-order valence-corrected chi connectivity index (χ3v) is 4.56. The summed E-state index contributed by atoms with van der Waals surface area (Å²) in [5, 5.41) is 6.20. The normalized spacial score (nSPS) is 16.7. The first-order chi connectivity index (χ1) is 12.4. The highest BCUT2D eigenvalue weighted by atomic mass is 19.4. The van der Waals surface area contributed by atoms with Crippen LogP contribution < -0.4 is 15.5 Å². The lowest BCUT2D eigenvalue weighted by Crippen LogP contribution is -2.46. The summed E-state index contributed by atoms with van der Waals surface area (Å²) >= 11 is 0. The third kappa shape index (κ3) is 6.09. The van der Waals surface area contributed by atoms with Gasteiger partial charge in [0.05, 0.1) is 5.56 Å². The molecule has 0 unspecified atom stereocenters. The van der Waals surface area contributed by atoms with Crippen molar-refractivity contribution < 1.29 is 13.2 Å². The molecule has 0 spiro atoms. The lowest BCUT2D eigenvalue weighted by atomic mass is 10.1. The molecule has 8 heteroatoms. The number of alkyl halides is 3. The van der Waals surface area contributed by atoms with Gasteiger partial charge in [0.1, 0.15) is 0 Å². The Hall–Kier alpha value is -1.96. The van der Waals surface area contributed by atoms with Crippen LogP contribution >= 0.6 is 0 Å². The van der Waals surface area contributed by atoms with Crippen LogP contribution in [0, 0.1) is 0 Å². The topological polar surface area (TPSA) is 42.9 Å². The minimum absolute atomic E-state index is 0.582. The molecule has 0 saturated carbocycles. The maximum atomic E-state index is 12.9. The monoisotopic (exact) mass is 371 g/mol. The molecule has 1 aromatic carbocycles. The van der Waals surface area contributed by atoms with Gasteiger partial charge in [-0.2, -0.15) is 13.2 Å². The van der Waals surface area contributed by atoms with Gasteiger partial charge in [0.2, 0.25) is 0 Å². The molecule has 1 fully saturated rings. The van der Waals surface area contributed by atoms with Crippen LogP contribution in [0.1, 0.15) is 18.4 Å². The second-order valence-corrected chi connectivity index (χ2v) is 6.33. The van der Waals surface area contributed by atoms with Crippen molar-refractivity contribution in [1.29, 1.82) is 0 Å². The molecule has 0 aromatic heterocycles. The molecule has 5 nitrogen and oxygen atoms in total. The summed E-state index contributed by atoms with van der Waals surface area (Å²) in [5.41, 5.74) is 0.0728. The summed E-state index contributed by atoms with van der Waals surface area (Å²) in [4.78, 5) is 8.46. The van der Waals surface area contributed by atoms with Crippen LogP contribution in [-0.2, 0) is 6.18 Å². The van der Waals surface area contributed by atoms with Crippen molar-refractivity contribution in [3.63, 3.8) is 0 Å². The summed E-state index contributed by atoms with van der Waals surface area (Å²) < 4.78 is 38.6. The first kappa shape index (κ1) is 20.4. The Morgan fingerprint density at radius 2 is 1.88 bits per heavy atom. The molecule has 1 aromatic rings. The molecule has 1 saturated heterocycles. The van der Waals surface area contributed by atoms with Crippen molar-refractivity contribution >= 4 is 11.6 Å². The summed E-state index contributed by atoms with van der Waals surface area (Å²) in [6, 6.07) is 5.61. The van der Waals surface area contributed by atoms with Gasteiger partial charge >= 0.3 is 6.18 Å². The van der Waals surface area contributed by atoms with Gasteiger partial charge in [0, 0.05) is 52.5 Å². The zero-order valence-corrected chi connectivity index (χ0v) is 15.4. The van der Waals surface area contributed by atoms with Gasteiger partial charge in [0.25, 0.3) is 0 Å². The van der Waals surface area contributed by atoms with E-state index >= 15 is 0 Å². The van der Waals surface area contributed by atoms with E-state index in [2.05, 4.69) is 20.5 Å². The molecular formula is C18H28F3N5. The molecule has 0 aliphatic carbocycles. The number of guanidine groups is 1. The van der Waals surface area contributed by atoms with E-state index in [4.69, 9.17) is 0 Å². The van der Waals surface area contributed by atoms with Gasteiger partial charge in [-0.25, -0.2) is 0 Å². The van der Waals surface area contributed by atoms with Crippen molar-refractivity contribution in [3.8, 4) is 0 Å². The first-order valence-electron chi connectivity index (χ1n) is 8.97. The van der Waals surface area contributed by atoms with E-state index in [1.165, 1.54) is 12.1 Å². The van der Waals surface area contributed by atoms with E-state index in [1.807, 2.05) is 11.9 Å². The van der Waals surface area contributed by atoms with Crippen LogP contribution in [0.15, 0.2) is 29.3 Å². The molecule has 2 N–H and O–H groups in total. The number of halogens is 3. The third-order valence-electron chi connectivity index (χ3n) is 4.56. The van der Waals surface area contributed by atoms with Gasteiger partial charge in [-0.15, -0.1) is 0 Å². The van der Waals surface area contributed by atoms with Crippen LogP contribution in [0.25, 0.3) is 0 Å². The standard InChI is InChI=1S/C18H28F3N5/c1-22-17(23-2)24-8-3-4-9-25-10-12-26(13-11-25)16-7-5-6-15(14-16)18(19,20)21/h5-7,14H,3-4,8-13H2,1-2H3,(H2,22,23,24). The fraction of sp³-hybridized carbons (Fsp3) is 0.611. The molecule has 1 heterocycles. The highest BCUT2D eigenvalue weighted by molar-refractivity contribution is 5.79. The highest BCUT2D eigenvalue weighted by Crippen LogP contribution is 2.31. The zero-order chi connectivity index (χ0) is 19.0. The molecular weight excluding hydrogens is 343 g/mol. The van der Waals surface area contributed by atoms with Crippen molar-refractivity contribution in [2.45, 2.75) is 19.0 Å². The number of anilines is 1. The fourth-order valence-electron chi connectivity index (χ4n) is 3.06. The summed E-state index contributed by atoms with van der Waals surface area (Å²) in [6.07, 6.45) is -2.16.